The maximum absolute atomic E-state index is 13.0. The molecule has 1 aliphatic heterocycles. The number of rotatable bonds is 4. The number of fused-ring (bicyclic) bond motifs is 3. The minimum atomic E-state index is 0.0104. The predicted octanol–water partition coefficient (Wildman–Crippen LogP) is 2.07. The summed E-state index contributed by atoms with van der Waals surface area (Å²) in [6.45, 7) is 1.68. The first kappa shape index (κ1) is 17.7. The van der Waals surface area contributed by atoms with E-state index in [2.05, 4.69) is 4.98 Å². The Kier molecular flexibility index (Phi) is 5.09. The van der Waals surface area contributed by atoms with Gasteiger partial charge in [-0.1, -0.05) is 0 Å². The molecule has 0 radical (unpaired) electrons. The lowest BCUT2D eigenvalue weighted by Gasteiger charge is -2.35. The first-order valence-electron chi connectivity index (χ1n) is 9.68. The van der Waals surface area contributed by atoms with Gasteiger partial charge in [0.15, 0.2) is 0 Å². The highest BCUT2D eigenvalue weighted by Crippen LogP contribution is 2.33. The highest BCUT2D eigenvalue weighted by Gasteiger charge is 2.25. The van der Waals surface area contributed by atoms with Gasteiger partial charge >= 0.3 is 0 Å². The van der Waals surface area contributed by atoms with Gasteiger partial charge in [0, 0.05) is 37.0 Å². The summed E-state index contributed by atoms with van der Waals surface area (Å²) >= 11 is 1.66. The molecule has 2 aromatic heterocycles. The zero-order valence-electron chi connectivity index (χ0n) is 15.1. The lowest BCUT2D eigenvalue weighted by Crippen LogP contribution is -2.47. The van der Waals surface area contributed by atoms with E-state index in [1.807, 2.05) is 4.90 Å². The lowest BCUT2D eigenvalue weighted by molar-refractivity contribution is -0.134. The van der Waals surface area contributed by atoms with Gasteiger partial charge in [0.05, 0.1) is 11.7 Å². The van der Waals surface area contributed by atoms with E-state index in [1.165, 1.54) is 16.9 Å². The minimum Gasteiger partial charge on any atom is -0.338 e. The van der Waals surface area contributed by atoms with Crippen molar-refractivity contribution in [3.63, 3.8) is 0 Å². The number of likely N-dealkylation sites (tertiary alicyclic amines) is 1. The molecule has 1 fully saturated rings. The molecule has 2 aromatic rings. The second-order valence-corrected chi connectivity index (χ2v) is 8.44. The molecule has 2 N–H and O–H groups in total. The number of carbonyl (C=O) groups is 1. The van der Waals surface area contributed by atoms with Gasteiger partial charge in [-0.15, -0.1) is 11.3 Å². The third-order valence-corrected chi connectivity index (χ3v) is 6.93. The van der Waals surface area contributed by atoms with Crippen molar-refractivity contribution in [2.45, 2.75) is 64.0 Å². The van der Waals surface area contributed by atoms with E-state index >= 15 is 0 Å². The zero-order chi connectivity index (χ0) is 18.1. The Bertz CT molecular complexity index is 872. The summed E-state index contributed by atoms with van der Waals surface area (Å²) in [5.74, 6) is 0.0968. The molecule has 1 unspecified atom stereocenters. The number of amides is 1. The van der Waals surface area contributed by atoms with Crippen LogP contribution in [0, 0.1) is 0 Å². The van der Waals surface area contributed by atoms with E-state index in [4.69, 9.17) is 5.73 Å². The SMILES string of the molecule is NCC1CCCCN1C(=O)CCn1cnc2sc3c(c2c1=O)CCCC3. The summed E-state index contributed by atoms with van der Waals surface area (Å²) < 4.78 is 1.61. The summed E-state index contributed by atoms with van der Waals surface area (Å²) in [6.07, 6.45) is 9.46. The quantitative estimate of drug-likeness (QED) is 0.888. The van der Waals surface area contributed by atoms with Gasteiger partial charge in [-0.25, -0.2) is 4.98 Å². The number of carbonyl (C=O) groups excluding carboxylic acids is 1. The highest BCUT2D eigenvalue weighted by atomic mass is 32.1. The Morgan fingerprint density at radius 2 is 2.12 bits per heavy atom. The number of hydrogen-bond acceptors (Lipinski definition) is 5. The van der Waals surface area contributed by atoms with Gasteiger partial charge in [0.2, 0.25) is 5.91 Å². The van der Waals surface area contributed by atoms with Crippen LogP contribution in [0.2, 0.25) is 0 Å². The van der Waals surface area contributed by atoms with Gasteiger partial charge < -0.3 is 10.6 Å². The van der Waals surface area contributed by atoms with Crippen LogP contribution in [0.5, 0.6) is 0 Å². The maximum Gasteiger partial charge on any atom is 0.262 e. The van der Waals surface area contributed by atoms with Crippen molar-refractivity contribution in [3.8, 4) is 0 Å². The highest BCUT2D eigenvalue weighted by molar-refractivity contribution is 7.18. The van der Waals surface area contributed by atoms with Crippen molar-refractivity contribution in [1.29, 1.82) is 0 Å². The van der Waals surface area contributed by atoms with Crippen molar-refractivity contribution in [3.05, 3.63) is 27.1 Å². The third-order valence-electron chi connectivity index (χ3n) is 5.73. The second kappa shape index (κ2) is 7.48. The van der Waals surface area contributed by atoms with Crippen LogP contribution >= 0.6 is 11.3 Å². The number of aromatic nitrogens is 2. The number of thiophene rings is 1. The summed E-state index contributed by atoms with van der Waals surface area (Å²) in [5, 5.41) is 0.789. The molecule has 140 valence electrons. The first-order valence-corrected chi connectivity index (χ1v) is 10.5. The van der Waals surface area contributed by atoms with Gasteiger partial charge in [-0.2, -0.15) is 0 Å². The minimum absolute atomic E-state index is 0.0104. The predicted molar refractivity (Wildman–Crippen MR) is 104 cm³/mol. The van der Waals surface area contributed by atoms with E-state index in [0.29, 0.717) is 19.5 Å². The molecule has 0 spiro atoms. The third kappa shape index (κ3) is 3.18. The number of nitrogens with two attached hydrogens (primary N) is 1. The van der Waals surface area contributed by atoms with Crippen molar-refractivity contribution < 1.29 is 4.79 Å². The normalized spacial score (nSPS) is 20.3. The fourth-order valence-electron chi connectivity index (χ4n) is 4.27. The molecule has 0 saturated carbocycles. The largest absolute Gasteiger partial charge is 0.338 e. The Morgan fingerprint density at radius 1 is 1.27 bits per heavy atom. The molecule has 1 amide bonds. The molecular weight excluding hydrogens is 348 g/mol. The number of nitrogens with zero attached hydrogens (tertiary/aromatic N) is 3. The van der Waals surface area contributed by atoms with Crippen LogP contribution in [0.1, 0.15) is 49.0 Å². The van der Waals surface area contributed by atoms with Crippen LogP contribution in [0.15, 0.2) is 11.1 Å². The Morgan fingerprint density at radius 3 is 2.96 bits per heavy atom. The molecule has 6 nitrogen and oxygen atoms in total. The Balaban J connectivity index is 1.53. The standard InChI is InChI=1S/C19H26N4O2S/c20-11-13-5-3-4-9-23(13)16(24)8-10-22-12-21-18-17(19(22)25)14-6-1-2-7-15(14)26-18/h12-13H,1-11,20H2. The average molecular weight is 375 g/mol. The van der Waals surface area contributed by atoms with Crippen molar-refractivity contribution in [2.75, 3.05) is 13.1 Å². The molecule has 0 aromatic carbocycles. The maximum atomic E-state index is 13.0. The summed E-state index contributed by atoms with van der Waals surface area (Å²) in [7, 11) is 0. The van der Waals surface area contributed by atoms with Crippen LogP contribution in [0.25, 0.3) is 10.2 Å². The smallest absolute Gasteiger partial charge is 0.262 e. The van der Waals surface area contributed by atoms with Gasteiger partial charge in [0.1, 0.15) is 4.83 Å². The fourth-order valence-corrected chi connectivity index (χ4v) is 5.49. The van der Waals surface area contributed by atoms with E-state index in [9.17, 15) is 9.59 Å². The van der Waals surface area contributed by atoms with Crippen molar-refractivity contribution in [1.82, 2.24) is 14.5 Å². The lowest BCUT2D eigenvalue weighted by atomic mass is 9.97. The van der Waals surface area contributed by atoms with Gasteiger partial charge in [-0.3, -0.25) is 14.2 Å². The molecule has 7 heteroatoms. The van der Waals surface area contributed by atoms with Crippen LogP contribution in [0.4, 0.5) is 0 Å². The van der Waals surface area contributed by atoms with Crippen LogP contribution in [-0.4, -0.2) is 39.5 Å². The first-order chi connectivity index (χ1) is 12.7. The zero-order valence-corrected chi connectivity index (χ0v) is 15.9. The Hall–Kier alpha value is -1.73. The summed E-state index contributed by atoms with van der Waals surface area (Å²) in [6, 6.07) is 0.150. The van der Waals surface area contributed by atoms with E-state index in [1.54, 1.807) is 22.2 Å². The van der Waals surface area contributed by atoms with Gasteiger partial charge in [-0.05, 0) is 50.5 Å². The molecular formula is C19H26N4O2S. The molecule has 0 bridgehead atoms. The van der Waals surface area contributed by atoms with E-state index in [0.717, 1.165) is 55.3 Å². The van der Waals surface area contributed by atoms with Crippen LogP contribution in [0.3, 0.4) is 0 Å². The summed E-state index contributed by atoms with van der Waals surface area (Å²) in [5.41, 5.74) is 7.03. The number of piperidine rings is 1. The van der Waals surface area contributed by atoms with Crippen molar-refractivity contribution in [2.24, 2.45) is 5.73 Å². The van der Waals surface area contributed by atoms with E-state index in [-0.39, 0.29) is 17.5 Å². The summed E-state index contributed by atoms with van der Waals surface area (Å²) in [4.78, 5) is 34.2. The topological polar surface area (TPSA) is 81.2 Å². The van der Waals surface area contributed by atoms with E-state index < -0.39 is 0 Å². The molecule has 1 saturated heterocycles. The number of aryl methyl sites for hydroxylation is 3. The molecule has 3 heterocycles. The number of hydrogen-bond donors (Lipinski definition) is 1. The van der Waals surface area contributed by atoms with Crippen molar-refractivity contribution >= 4 is 27.5 Å². The molecule has 4 rings (SSSR count). The molecule has 1 atom stereocenters. The van der Waals surface area contributed by atoms with Crippen LogP contribution < -0.4 is 11.3 Å². The monoisotopic (exact) mass is 374 g/mol. The molecule has 1 aliphatic carbocycles. The van der Waals surface area contributed by atoms with Crippen LogP contribution in [-0.2, 0) is 24.2 Å². The Labute approximate surface area is 157 Å². The van der Waals surface area contributed by atoms with Gasteiger partial charge in [0.25, 0.3) is 5.56 Å². The molecule has 26 heavy (non-hydrogen) atoms. The average Bonchev–Trinajstić information content (AvgIpc) is 3.06. The fraction of sp³-hybridized carbons (Fsp3) is 0.632. The second-order valence-electron chi connectivity index (χ2n) is 7.36. The molecule has 2 aliphatic rings.